The number of nitrogens with one attached hydrogen (secondary N) is 1. The molecule has 0 aliphatic heterocycles. The van der Waals surface area contributed by atoms with E-state index < -0.39 is 5.54 Å². The lowest BCUT2D eigenvalue weighted by Crippen LogP contribution is -2.51. The van der Waals surface area contributed by atoms with Crippen molar-refractivity contribution in [3.8, 4) is 0 Å². The molecule has 1 aromatic rings. The van der Waals surface area contributed by atoms with Gasteiger partial charge in [-0.2, -0.15) is 0 Å². The molecule has 3 heteroatoms. The molecule has 16 heavy (non-hydrogen) atoms. The summed E-state index contributed by atoms with van der Waals surface area (Å²) in [5, 5.41) is 3.22. The molecule has 0 radical (unpaired) electrons. The van der Waals surface area contributed by atoms with Crippen LogP contribution in [0.5, 0.6) is 0 Å². The number of rotatable bonds is 4. The molecule has 0 aliphatic rings. The average Bonchev–Trinajstić information content (AvgIpc) is 2.16. The van der Waals surface area contributed by atoms with E-state index in [1.807, 2.05) is 19.1 Å². The minimum absolute atomic E-state index is 0.0994. The van der Waals surface area contributed by atoms with Gasteiger partial charge >= 0.3 is 0 Å². The fraction of sp³-hybridized carbons (Fsp3) is 0.462. The predicted octanol–water partition coefficient (Wildman–Crippen LogP) is 1.91. The number of carbonyl (C=O) groups is 1. The number of amides is 1. The number of nitrogens with two attached hydrogens (primary N) is 1. The van der Waals surface area contributed by atoms with Crippen LogP contribution in [-0.2, 0) is 4.79 Å². The van der Waals surface area contributed by atoms with Gasteiger partial charge in [0, 0.05) is 6.04 Å². The van der Waals surface area contributed by atoms with Crippen LogP contribution in [0.15, 0.2) is 24.3 Å². The topological polar surface area (TPSA) is 55.1 Å². The molecule has 0 aliphatic carbocycles. The lowest BCUT2D eigenvalue weighted by atomic mass is 9.99. The number of hydrogen-bond acceptors (Lipinski definition) is 2. The summed E-state index contributed by atoms with van der Waals surface area (Å²) >= 11 is 0. The van der Waals surface area contributed by atoms with E-state index in [9.17, 15) is 4.79 Å². The Balaban J connectivity index is 2.80. The number of hydrogen-bond donors (Lipinski definition) is 2. The SMILES string of the molecule is Cc1cccc(C(C)NC(C)(C)C(N)=O)c1. The summed E-state index contributed by atoms with van der Waals surface area (Å²) in [6.07, 6.45) is 0. The van der Waals surface area contributed by atoms with Gasteiger partial charge in [-0.1, -0.05) is 29.8 Å². The van der Waals surface area contributed by atoms with Crippen LogP contribution in [-0.4, -0.2) is 11.4 Å². The molecule has 1 rings (SSSR count). The molecule has 0 aromatic heterocycles. The van der Waals surface area contributed by atoms with Crippen LogP contribution in [0.1, 0.15) is 37.9 Å². The van der Waals surface area contributed by atoms with Crippen molar-refractivity contribution in [3.05, 3.63) is 35.4 Å². The third kappa shape index (κ3) is 3.07. The summed E-state index contributed by atoms with van der Waals surface area (Å²) in [6.45, 7) is 7.66. The third-order valence-corrected chi connectivity index (χ3v) is 2.74. The second-order valence-corrected chi connectivity index (χ2v) is 4.77. The maximum Gasteiger partial charge on any atom is 0.237 e. The van der Waals surface area contributed by atoms with E-state index in [2.05, 4.69) is 24.4 Å². The van der Waals surface area contributed by atoms with E-state index in [4.69, 9.17) is 5.73 Å². The Morgan fingerprint density at radius 1 is 1.44 bits per heavy atom. The molecule has 0 heterocycles. The highest BCUT2D eigenvalue weighted by Gasteiger charge is 2.26. The molecule has 3 nitrogen and oxygen atoms in total. The van der Waals surface area contributed by atoms with Crippen molar-refractivity contribution in [1.29, 1.82) is 0 Å². The zero-order chi connectivity index (χ0) is 12.3. The summed E-state index contributed by atoms with van der Waals surface area (Å²) in [6, 6.07) is 8.31. The minimum atomic E-state index is -0.691. The Labute approximate surface area is 97.0 Å². The zero-order valence-electron chi connectivity index (χ0n) is 10.4. The maximum atomic E-state index is 11.2. The average molecular weight is 220 g/mol. The molecule has 1 unspecified atom stereocenters. The van der Waals surface area contributed by atoms with Gasteiger partial charge in [0.05, 0.1) is 5.54 Å². The lowest BCUT2D eigenvalue weighted by Gasteiger charge is -2.27. The first-order chi connectivity index (χ1) is 7.33. The Morgan fingerprint density at radius 3 is 2.56 bits per heavy atom. The van der Waals surface area contributed by atoms with E-state index in [1.54, 1.807) is 13.8 Å². The van der Waals surface area contributed by atoms with Crippen molar-refractivity contribution < 1.29 is 4.79 Å². The Hall–Kier alpha value is -1.35. The van der Waals surface area contributed by atoms with Gasteiger partial charge in [0.1, 0.15) is 0 Å². The summed E-state index contributed by atoms with van der Waals surface area (Å²) in [5.74, 6) is -0.341. The van der Waals surface area contributed by atoms with Crippen LogP contribution in [0.3, 0.4) is 0 Å². The highest BCUT2D eigenvalue weighted by Crippen LogP contribution is 2.17. The van der Waals surface area contributed by atoms with Crippen molar-refractivity contribution in [2.45, 2.75) is 39.3 Å². The van der Waals surface area contributed by atoms with Gasteiger partial charge in [0.15, 0.2) is 0 Å². The van der Waals surface area contributed by atoms with Gasteiger partial charge in [-0.25, -0.2) is 0 Å². The number of carbonyl (C=O) groups excluding carboxylic acids is 1. The Bertz CT molecular complexity index is 385. The van der Waals surface area contributed by atoms with Crippen molar-refractivity contribution in [1.82, 2.24) is 5.32 Å². The molecular formula is C13H20N2O. The van der Waals surface area contributed by atoms with Crippen molar-refractivity contribution in [2.75, 3.05) is 0 Å². The summed E-state index contributed by atoms with van der Waals surface area (Å²) < 4.78 is 0. The Morgan fingerprint density at radius 2 is 2.06 bits per heavy atom. The monoisotopic (exact) mass is 220 g/mol. The Kier molecular flexibility index (Phi) is 3.70. The summed E-state index contributed by atoms with van der Waals surface area (Å²) in [5.41, 5.74) is 7.01. The van der Waals surface area contributed by atoms with Gasteiger partial charge < -0.3 is 5.73 Å². The van der Waals surface area contributed by atoms with E-state index in [-0.39, 0.29) is 11.9 Å². The maximum absolute atomic E-state index is 11.2. The van der Waals surface area contributed by atoms with Crippen molar-refractivity contribution in [2.24, 2.45) is 5.73 Å². The summed E-state index contributed by atoms with van der Waals surface area (Å²) in [7, 11) is 0. The molecule has 0 spiro atoms. The number of aryl methyl sites for hydroxylation is 1. The minimum Gasteiger partial charge on any atom is -0.368 e. The molecule has 0 fully saturated rings. The normalized spacial score (nSPS) is 13.5. The lowest BCUT2D eigenvalue weighted by molar-refractivity contribution is -0.123. The van der Waals surface area contributed by atoms with Crippen molar-refractivity contribution in [3.63, 3.8) is 0 Å². The van der Waals surface area contributed by atoms with Crippen LogP contribution in [0.25, 0.3) is 0 Å². The fourth-order valence-corrected chi connectivity index (χ4v) is 1.64. The van der Waals surface area contributed by atoms with E-state index in [0.717, 1.165) is 5.56 Å². The van der Waals surface area contributed by atoms with Gasteiger partial charge in [0.25, 0.3) is 0 Å². The van der Waals surface area contributed by atoms with E-state index >= 15 is 0 Å². The first kappa shape index (κ1) is 12.7. The van der Waals surface area contributed by atoms with E-state index in [0.29, 0.717) is 0 Å². The molecule has 3 N–H and O–H groups in total. The van der Waals surface area contributed by atoms with Crippen LogP contribution in [0, 0.1) is 6.92 Å². The zero-order valence-corrected chi connectivity index (χ0v) is 10.4. The molecule has 1 amide bonds. The first-order valence-electron chi connectivity index (χ1n) is 5.47. The van der Waals surface area contributed by atoms with Gasteiger partial charge in [-0.05, 0) is 33.3 Å². The summed E-state index contributed by atoms with van der Waals surface area (Å²) in [4.78, 5) is 11.2. The molecular weight excluding hydrogens is 200 g/mol. The predicted molar refractivity (Wildman–Crippen MR) is 66.0 cm³/mol. The van der Waals surface area contributed by atoms with Crippen LogP contribution in [0.2, 0.25) is 0 Å². The van der Waals surface area contributed by atoms with Crippen LogP contribution in [0.4, 0.5) is 0 Å². The first-order valence-corrected chi connectivity index (χ1v) is 5.47. The quantitative estimate of drug-likeness (QED) is 0.814. The standard InChI is InChI=1S/C13H20N2O/c1-9-6-5-7-11(8-9)10(2)15-13(3,4)12(14)16/h5-8,10,15H,1-4H3,(H2,14,16). The molecule has 0 bridgehead atoms. The van der Waals surface area contributed by atoms with Gasteiger partial charge in [-0.3, -0.25) is 10.1 Å². The van der Waals surface area contributed by atoms with Crippen LogP contribution < -0.4 is 11.1 Å². The number of primary amides is 1. The number of benzene rings is 1. The molecule has 1 atom stereocenters. The third-order valence-electron chi connectivity index (χ3n) is 2.74. The van der Waals surface area contributed by atoms with Crippen molar-refractivity contribution >= 4 is 5.91 Å². The largest absolute Gasteiger partial charge is 0.368 e. The van der Waals surface area contributed by atoms with E-state index in [1.165, 1.54) is 5.56 Å². The molecule has 0 saturated carbocycles. The van der Waals surface area contributed by atoms with Gasteiger partial charge in [-0.15, -0.1) is 0 Å². The smallest absolute Gasteiger partial charge is 0.237 e. The second kappa shape index (κ2) is 4.66. The molecule has 0 saturated heterocycles. The molecule has 88 valence electrons. The van der Waals surface area contributed by atoms with Crippen LogP contribution >= 0.6 is 0 Å². The van der Waals surface area contributed by atoms with Gasteiger partial charge in [0.2, 0.25) is 5.91 Å². The molecule has 1 aromatic carbocycles. The highest BCUT2D eigenvalue weighted by molar-refractivity contribution is 5.83. The fourth-order valence-electron chi connectivity index (χ4n) is 1.64. The highest BCUT2D eigenvalue weighted by atomic mass is 16.1. The second-order valence-electron chi connectivity index (χ2n) is 4.77.